The highest BCUT2D eigenvalue weighted by atomic mass is 32.2. The second-order valence-corrected chi connectivity index (χ2v) is 12.7. The predicted molar refractivity (Wildman–Crippen MR) is 200 cm³/mol. The summed E-state index contributed by atoms with van der Waals surface area (Å²) in [5, 5.41) is 3.25. The van der Waals surface area contributed by atoms with Crippen molar-refractivity contribution >= 4 is 40.7 Å². The first kappa shape index (κ1) is 34.9. The number of hydrogen-bond acceptors (Lipinski definition) is 4. The number of benzene rings is 3. The van der Waals surface area contributed by atoms with E-state index in [9.17, 15) is 14.4 Å². The summed E-state index contributed by atoms with van der Waals surface area (Å²) in [6.07, 6.45) is 8.42. The fourth-order valence-electron chi connectivity index (χ4n) is 5.98. The highest BCUT2D eigenvalue weighted by Gasteiger charge is 2.35. The molecule has 3 aromatic carbocycles. The van der Waals surface area contributed by atoms with E-state index in [4.69, 9.17) is 0 Å². The van der Waals surface area contributed by atoms with Gasteiger partial charge in [-0.1, -0.05) is 115 Å². The van der Waals surface area contributed by atoms with Crippen molar-refractivity contribution in [3.8, 4) is 5.69 Å². The van der Waals surface area contributed by atoms with Crippen molar-refractivity contribution in [2.24, 2.45) is 4.99 Å². The van der Waals surface area contributed by atoms with Gasteiger partial charge in [-0.2, -0.15) is 4.99 Å². The van der Waals surface area contributed by atoms with Gasteiger partial charge in [0, 0.05) is 17.1 Å². The Labute approximate surface area is 292 Å². The van der Waals surface area contributed by atoms with Crippen LogP contribution in [0.25, 0.3) is 11.8 Å². The van der Waals surface area contributed by atoms with Gasteiger partial charge in [0.15, 0.2) is 5.17 Å². The first-order valence-corrected chi connectivity index (χ1v) is 17.0. The minimum Gasteiger partial charge on any atom is -0.344 e. The van der Waals surface area contributed by atoms with Crippen molar-refractivity contribution in [3.63, 3.8) is 0 Å². The van der Waals surface area contributed by atoms with Gasteiger partial charge in [-0.15, -0.1) is 0 Å². The number of amides is 3. The number of para-hydroxylation sites is 1. The number of carbonyl (C=O) groups excluding carboxylic acids is 3. The van der Waals surface area contributed by atoms with Gasteiger partial charge in [0.25, 0.3) is 11.8 Å². The Kier molecular flexibility index (Phi) is 11.1. The summed E-state index contributed by atoms with van der Waals surface area (Å²) in [6, 6.07) is 27.2. The number of rotatable bonds is 10. The maximum absolute atomic E-state index is 14.2. The molecule has 0 radical (unpaired) electrons. The summed E-state index contributed by atoms with van der Waals surface area (Å²) in [5.41, 5.74) is 8.27. The Morgan fingerprint density at radius 2 is 1.53 bits per heavy atom. The van der Waals surface area contributed by atoms with E-state index in [1.54, 1.807) is 37.3 Å². The Morgan fingerprint density at radius 1 is 0.918 bits per heavy atom. The lowest BCUT2D eigenvalue weighted by molar-refractivity contribution is -0.126. The maximum Gasteiger partial charge on any atom is 0.285 e. The van der Waals surface area contributed by atoms with Crippen LogP contribution in [0.15, 0.2) is 132 Å². The minimum atomic E-state index is -0.657. The highest BCUT2D eigenvalue weighted by molar-refractivity contribution is 8.14. The third kappa shape index (κ3) is 7.66. The first-order chi connectivity index (χ1) is 23.6. The van der Waals surface area contributed by atoms with Crippen LogP contribution in [0.5, 0.6) is 0 Å². The van der Waals surface area contributed by atoms with Crippen LogP contribution in [0, 0.1) is 27.7 Å². The third-order valence-corrected chi connectivity index (χ3v) is 9.28. The average Bonchev–Trinajstić information content (AvgIpc) is 3.37. The number of nitrogens with zero attached hydrogens (tertiary/aromatic N) is 3. The number of aromatic nitrogens is 1. The van der Waals surface area contributed by atoms with Crippen molar-refractivity contribution in [3.05, 3.63) is 166 Å². The molecule has 3 amide bonds. The predicted octanol–water partition coefficient (Wildman–Crippen LogP) is 8.10. The standard InChI is InChI=1S/C41H40N4O3S/c1-7-9-23-34(8-2)45-40(48)35(25-33-24-29(5)44(30(33)6)38-27(3)17-16-18-28(38)4)39(47)43-41(45)49-26-36(46)42-37(31-19-12-10-13-20-31)32-21-14-11-15-22-32/h7-25,37H,1,26H2,2-6H3,(H,42,46)/b23-9-,34-8+,35-25+. The van der Waals surface area contributed by atoms with Crippen molar-refractivity contribution in [2.75, 3.05) is 5.75 Å². The molecule has 7 nitrogen and oxygen atoms in total. The van der Waals surface area contributed by atoms with E-state index in [0.29, 0.717) is 5.70 Å². The van der Waals surface area contributed by atoms with E-state index in [1.807, 2.05) is 86.6 Å². The molecule has 0 unspecified atom stereocenters. The van der Waals surface area contributed by atoms with E-state index in [-0.39, 0.29) is 28.4 Å². The molecule has 1 aliphatic rings. The number of aryl methyl sites for hydroxylation is 3. The number of nitrogens with one attached hydrogen (secondary N) is 1. The molecular formula is C41H40N4O3S. The summed E-state index contributed by atoms with van der Waals surface area (Å²) in [7, 11) is 0. The molecular weight excluding hydrogens is 629 g/mol. The Bertz CT molecular complexity index is 1960. The van der Waals surface area contributed by atoms with Gasteiger partial charge < -0.3 is 9.88 Å². The molecule has 0 saturated carbocycles. The summed E-state index contributed by atoms with van der Waals surface area (Å²) >= 11 is 1.04. The molecule has 1 N–H and O–H groups in total. The van der Waals surface area contributed by atoms with Gasteiger partial charge in [0.1, 0.15) is 5.57 Å². The molecule has 0 spiro atoms. The van der Waals surface area contributed by atoms with Gasteiger partial charge in [-0.3, -0.25) is 19.3 Å². The zero-order chi connectivity index (χ0) is 35.1. The third-order valence-electron chi connectivity index (χ3n) is 8.35. The van der Waals surface area contributed by atoms with Crippen molar-refractivity contribution in [1.82, 2.24) is 14.8 Å². The topological polar surface area (TPSA) is 83.8 Å². The van der Waals surface area contributed by atoms with E-state index in [1.165, 1.54) is 4.90 Å². The maximum atomic E-state index is 14.2. The lowest BCUT2D eigenvalue weighted by atomic mass is 9.99. The van der Waals surface area contributed by atoms with Crippen molar-refractivity contribution in [2.45, 2.75) is 40.7 Å². The van der Waals surface area contributed by atoms with E-state index < -0.39 is 11.8 Å². The van der Waals surface area contributed by atoms with Gasteiger partial charge >= 0.3 is 0 Å². The second kappa shape index (κ2) is 15.6. The molecule has 8 heteroatoms. The molecule has 49 heavy (non-hydrogen) atoms. The average molecular weight is 669 g/mol. The van der Waals surface area contributed by atoms with Crippen LogP contribution < -0.4 is 5.32 Å². The number of aliphatic imine (C=N–C) groups is 1. The number of amidine groups is 1. The molecule has 2 heterocycles. The number of allylic oxidation sites excluding steroid dienone is 4. The smallest absolute Gasteiger partial charge is 0.285 e. The molecule has 0 aliphatic carbocycles. The van der Waals surface area contributed by atoms with E-state index >= 15 is 0 Å². The molecule has 248 valence electrons. The van der Waals surface area contributed by atoms with E-state index in [2.05, 4.69) is 47.4 Å². The molecule has 5 rings (SSSR count). The monoisotopic (exact) mass is 668 g/mol. The Hall–Kier alpha value is -5.47. The van der Waals surface area contributed by atoms with Gasteiger partial charge in [-0.05, 0) is 80.7 Å². The lowest BCUT2D eigenvalue weighted by Gasteiger charge is -2.28. The van der Waals surface area contributed by atoms with Crippen LogP contribution in [-0.4, -0.2) is 38.1 Å². The molecule has 4 aromatic rings. The van der Waals surface area contributed by atoms with Crippen molar-refractivity contribution in [1.29, 1.82) is 0 Å². The van der Waals surface area contributed by atoms with Gasteiger partial charge in [-0.25, -0.2) is 0 Å². The fourth-order valence-corrected chi connectivity index (χ4v) is 6.79. The summed E-state index contributed by atoms with van der Waals surface area (Å²) in [4.78, 5) is 47.0. The zero-order valence-corrected chi connectivity index (χ0v) is 29.3. The zero-order valence-electron chi connectivity index (χ0n) is 28.4. The molecule has 0 bridgehead atoms. The van der Waals surface area contributed by atoms with Crippen LogP contribution in [0.1, 0.15) is 52.2 Å². The van der Waals surface area contributed by atoms with Gasteiger partial charge in [0.05, 0.1) is 17.5 Å². The number of carbonyl (C=O) groups is 3. The summed E-state index contributed by atoms with van der Waals surface area (Å²) < 4.78 is 2.15. The molecule has 0 fully saturated rings. The van der Waals surface area contributed by atoms with Crippen LogP contribution in [0.3, 0.4) is 0 Å². The van der Waals surface area contributed by atoms with Crippen molar-refractivity contribution < 1.29 is 14.4 Å². The van der Waals surface area contributed by atoms with Crippen LogP contribution >= 0.6 is 11.8 Å². The first-order valence-electron chi connectivity index (χ1n) is 16.1. The van der Waals surface area contributed by atoms with Gasteiger partial charge in [0.2, 0.25) is 5.91 Å². The minimum absolute atomic E-state index is 0.0601. The van der Waals surface area contributed by atoms with Crippen LogP contribution in [0.4, 0.5) is 0 Å². The Morgan fingerprint density at radius 3 is 2.10 bits per heavy atom. The number of thioether (sulfide) groups is 1. The largest absolute Gasteiger partial charge is 0.344 e. The number of hydrogen-bond donors (Lipinski definition) is 1. The Balaban J connectivity index is 1.46. The summed E-state index contributed by atoms with van der Waals surface area (Å²) in [5.74, 6) is -1.51. The molecule has 0 saturated heterocycles. The quantitative estimate of drug-likeness (QED) is 0.105. The second-order valence-electron chi connectivity index (χ2n) is 11.7. The normalized spacial score (nSPS) is 14.6. The SMILES string of the molecule is C=C/C=C\C(=C/C)N1C(=O)/C(=C/c2cc(C)n(-c3c(C)cccc3C)c2C)C(=O)N=C1SCC(=O)NC(c1ccccc1)c1ccccc1. The lowest BCUT2D eigenvalue weighted by Crippen LogP contribution is -2.42. The van der Waals surface area contributed by atoms with E-state index in [0.717, 1.165) is 56.7 Å². The summed E-state index contributed by atoms with van der Waals surface area (Å²) in [6.45, 7) is 13.7. The highest BCUT2D eigenvalue weighted by Crippen LogP contribution is 2.30. The van der Waals surface area contributed by atoms with Crippen LogP contribution in [0.2, 0.25) is 0 Å². The van der Waals surface area contributed by atoms with Crippen LogP contribution in [-0.2, 0) is 14.4 Å². The fraction of sp³-hybridized carbons (Fsp3) is 0.171. The molecule has 1 aromatic heterocycles. The molecule has 1 aliphatic heterocycles. The molecule has 0 atom stereocenters.